The van der Waals surface area contributed by atoms with Crippen LogP contribution in [0.1, 0.15) is 20.8 Å². The second-order valence-corrected chi connectivity index (χ2v) is 6.04. The van der Waals surface area contributed by atoms with Gasteiger partial charge in [-0.1, -0.05) is 44.5 Å². The number of anilines is 1. The van der Waals surface area contributed by atoms with E-state index in [1.54, 1.807) is 12.1 Å². The molecule has 106 valence electrons. The second-order valence-electron chi connectivity index (χ2n) is 5.68. The highest BCUT2D eigenvalue weighted by Crippen LogP contribution is 2.23. The summed E-state index contributed by atoms with van der Waals surface area (Å²) in [5.74, 6) is -0.0981. The Morgan fingerprint density at radius 3 is 2.35 bits per heavy atom. The molecule has 0 bridgehead atoms. The van der Waals surface area contributed by atoms with E-state index < -0.39 is 6.04 Å². The van der Waals surface area contributed by atoms with Gasteiger partial charge in [-0.05, 0) is 17.5 Å². The van der Waals surface area contributed by atoms with E-state index in [2.05, 4.69) is 15.3 Å². The Hall–Kier alpha value is -1.72. The van der Waals surface area contributed by atoms with E-state index in [0.29, 0.717) is 11.0 Å². The predicted molar refractivity (Wildman–Crippen MR) is 80.6 cm³/mol. The molecular weight excluding hydrogens is 276 g/mol. The monoisotopic (exact) mass is 292 g/mol. The standard InChI is InChI=1S/C14H17ClN4O/c1-14(2,3)10(16)13(20)19-12-11(15)17-8-6-4-5-7-9(8)18-12/h4-7,10H,16H2,1-3H3,(H,18,19,20)/t10-/m1/s1. The van der Waals surface area contributed by atoms with E-state index in [-0.39, 0.29) is 22.3 Å². The summed E-state index contributed by atoms with van der Waals surface area (Å²) in [6, 6.07) is 6.64. The summed E-state index contributed by atoms with van der Waals surface area (Å²) in [5.41, 5.74) is 6.90. The minimum atomic E-state index is -0.660. The third-order valence-electron chi connectivity index (χ3n) is 2.99. The maximum atomic E-state index is 12.1. The Balaban J connectivity index is 2.30. The van der Waals surface area contributed by atoms with E-state index in [1.807, 2.05) is 32.9 Å². The van der Waals surface area contributed by atoms with Crippen molar-refractivity contribution in [3.05, 3.63) is 29.4 Å². The van der Waals surface area contributed by atoms with E-state index in [0.717, 1.165) is 0 Å². The van der Waals surface area contributed by atoms with Gasteiger partial charge in [0.05, 0.1) is 17.1 Å². The van der Waals surface area contributed by atoms with Crippen molar-refractivity contribution in [2.45, 2.75) is 26.8 Å². The first-order valence-corrected chi connectivity index (χ1v) is 6.65. The fourth-order valence-electron chi connectivity index (χ4n) is 1.65. The molecule has 1 amide bonds. The lowest BCUT2D eigenvalue weighted by Crippen LogP contribution is -2.45. The van der Waals surface area contributed by atoms with Crippen LogP contribution in [0.5, 0.6) is 0 Å². The van der Waals surface area contributed by atoms with Gasteiger partial charge in [0, 0.05) is 0 Å². The SMILES string of the molecule is CC(C)(C)[C@H](N)C(=O)Nc1nc2ccccc2nc1Cl. The van der Waals surface area contributed by atoms with Gasteiger partial charge in [0.1, 0.15) is 0 Å². The molecule has 2 aromatic rings. The molecule has 0 saturated heterocycles. The highest BCUT2D eigenvalue weighted by molar-refractivity contribution is 6.32. The number of aromatic nitrogens is 2. The molecule has 1 aromatic heterocycles. The first-order valence-electron chi connectivity index (χ1n) is 6.28. The van der Waals surface area contributed by atoms with Crippen molar-refractivity contribution >= 4 is 34.4 Å². The molecule has 0 spiro atoms. The minimum absolute atomic E-state index is 0.151. The zero-order chi connectivity index (χ0) is 14.9. The third kappa shape index (κ3) is 3.05. The van der Waals surface area contributed by atoms with E-state index >= 15 is 0 Å². The number of para-hydroxylation sites is 2. The molecule has 0 saturated carbocycles. The number of nitrogens with one attached hydrogen (secondary N) is 1. The molecule has 1 atom stereocenters. The van der Waals surface area contributed by atoms with Gasteiger partial charge in [0.15, 0.2) is 11.0 Å². The molecular formula is C14H17ClN4O. The third-order valence-corrected chi connectivity index (χ3v) is 3.25. The molecule has 0 fully saturated rings. The average Bonchev–Trinajstić information content (AvgIpc) is 2.37. The molecule has 1 aromatic carbocycles. The van der Waals surface area contributed by atoms with Gasteiger partial charge in [-0.2, -0.15) is 0 Å². The summed E-state index contributed by atoms with van der Waals surface area (Å²) >= 11 is 6.04. The minimum Gasteiger partial charge on any atom is -0.319 e. The number of nitrogens with two attached hydrogens (primary N) is 1. The molecule has 6 heteroatoms. The van der Waals surface area contributed by atoms with Gasteiger partial charge in [0.2, 0.25) is 5.91 Å². The van der Waals surface area contributed by atoms with E-state index in [9.17, 15) is 4.79 Å². The molecule has 0 unspecified atom stereocenters. The van der Waals surface area contributed by atoms with Crippen molar-refractivity contribution in [3.63, 3.8) is 0 Å². The van der Waals surface area contributed by atoms with Crippen LogP contribution >= 0.6 is 11.6 Å². The zero-order valence-electron chi connectivity index (χ0n) is 11.6. The average molecular weight is 293 g/mol. The molecule has 3 N–H and O–H groups in total. The quantitative estimate of drug-likeness (QED) is 0.891. The lowest BCUT2D eigenvalue weighted by Gasteiger charge is -2.25. The molecule has 0 aliphatic rings. The van der Waals surface area contributed by atoms with Gasteiger partial charge < -0.3 is 11.1 Å². The number of hydrogen-bond acceptors (Lipinski definition) is 4. The van der Waals surface area contributed by atoms with Crippen LogP contribution in [-0.2, 0) is 4.79 Å². The first kappa shape index (κ1) is 14.7. The Labute approximate surface area is 122 Å². The van der Waals surface area contributed by atoms with Crippen LogP contribution in [0.4, 0.5) is 5.82 Å². The summed E-state index contributed by atoms with van der Waals surface area (Å²) in [7, 11) is 0. The molecule has 1 heterocycles. The Morgan fingerprint density at radius 1 is 1.25 bits per heavy atom. The largest absolute Gasteiger partial charge is 0.319 e. The number of fused-ring (bicyclic) bond motifs is 1. The number of hydrogen-bond donors (Lipinski definition) is 2. The van der Waals surface area contributed by atoms with Crippen LogP contribution in [0.25, 0.3) is 11.0 Å². The van der Waals surface area contributed by atoms with Gasteiger partial charge >= 0.3 is 0 Å². The predicted octanol–water partition coefficient (Wildman–Crippen LogP) is 2.60. The Morgan fingerprint density at radius 2 is 1.80 bits per heavy atom. The Bertz CT molecular complexity index is 651. The smallest absolute Gasteiger partial charge is 0.243 e. The highest BCUT2D eigenvalue weighted by Gasteiger charge is 2.28. The highest BCUT2D eigenvalue weighted by atomic mass is 35.5. The number of benzene rings is 1. The molecule has 0 aliphatic carbocycles. The summed E-state index contributed by atoms with van der Waals surface area (Å²) in [6.07, 6.45) is 0. The van der Waals surface area contributed by atoms with Gasteiger partial charge in [-0.15, -0.1) is 0 Å². The zero-order valence-corrected chi connectivity index (χ0v) is 12.4. The fourth-order valence-corrected chi connectivity index (χ4v) is 1.83. The van der Waals surface area contributed by atoms with Crippen LogP contribution in [0.3, 0.4) is 0 Å². The van der Waals surface area contributed by atoms with E-state index in [1.165, 1.54) is 0 Å². The van der Waals surface area contributed by atoms with Gasteiger partial charge in [-0.3, -0.25) is 4.79 Å². The molecule has 0 radical (unpaired) electrons. The maximum absolute atomic E-state index is 12.1. The van der Waals surface area contributed by atoms with E-state index in [4.69, 9.17) is 17.3 Å². The number of rotatable bonds is 2. The summed E-state index contributed by atoms with van der Waals surface area (Å²) in [6.45, 7) is 5.68. The molecule has 20 heavy (non-hydrogen) atoms. The molecule has 5 nitrogen and oxygen atoms in total. The van der Waals surface area contributed by atoms with Crippen molar-refractivity contribution in [1.82, 2.24) is 9.97 Å². The number of amides is 1. The van der Waals surface area contributed by atoms with Crippen LogP contribution in [0, 0.1) is 5.41 Å². The summed E-state index contributed by atoms with van der Waals surface area (Å²) in [4.78, 5) is 20.6. The number of carbonyl (C=O) groups excluding carboxylic acids is 1. The number of carbonyl (C=O) groups is 1. The number of halogens is 1. The fraction of sp³-hybridized carbons (Fsp3) is 0.357. The molecule has 0 aliphatic heterocycles. The van der Waals surface area contributed by atoms with Crippen molar-refractivity contribution < 1.29 is 4.79 Å². The van der Waals surface area contributed by atoms with Crippen LogP contribution in [0.15, 0.2) is 24.3 Å². The van der Waals surface area contributed by atoms with Crippen LogP contribution in [0.2, 0.25) is 5.15 Å². The van der Waals surface area contributed by atoms with Gasteiger partial charge in [0.25, 0.3) is 0 Å². The second kappa shape index (κ2) is 5.34. The summed E-state index contributed by atoms with van der Waals surface area (Å²) in [5, 5.41) is 2.79. The van der Waals surface area contributed by atoms with Crippen molar-refractivity contribution in [2.75, 3.05) is 5.32 Å². The molecule has 2 rings (SSSR count). The van der Waals surface area contributed by atoms with Crippen molar-refractivity contribution in [3.8, 4) is 0 Å². The topological polar surface area (TPSA) is 80.9 Å². The lowest BCUT2D eigenvalue weighted by molar-refractivity contribution is -0.119. The normalized spacial score (nSPS) is 13.2. The van der Waals surface area contributed by atoms with Crippen LogP contribution < -0.4 is 11.1 Å². The maximum Gasteiger partial charge on any atom is 0.243 e. The first-order chi connectivity index (χ1) is 9.29. The van der Waals surface area contributed by atoms with Crippen LogP contribution in [-0.4, -0.2) is 21.9 Å². The summed E-state index contributed by atoms with van der Waals surface area (Å²) < 4.78 is 0. The van der Waals surface area contributed by atoms with Gasteiger partial charge in [-0.25, -0.2) is 9.97 Å². The Kier molecular flexibility index (Phi) is 3.92. The van der Waals surface area contributed by atoms with Crippen molar-refractivity contribution in [1.29, 1.82) is 0 Å². The number of nitrogens with zero attached hydrogens (tertiary/aromatic N) is 2. The lowest BCUT2D eigenvalue weighted by atomic mass is 9.87. The van der Waals surface area contributed by atoms with Crippen molar-refractivity contribution in [2.24, 2.45) is 11.1 Å².